The number of hydrogen-bond acceptors (Lipinski definition) is 2. The van der Waals surface area contributed by atoms with Gasteiger partial charge in [0.15, 0.2) is 0 Å². The molecule has 0 spiro atoms. The highest BCUT2D eigenvalue weighted by atomic mass is 14.9. The lowest BCUT2D eigenvalue weighted by Crippen LogP contribution is -2.32. The molecule has 1 aromatic heterocycles. The van der Waals surface area contributed by atoms with Gasteiger partial charge in [0.1, 0.15) is 0 Å². The molecule has 1 heterocycles. The van der Waals surface area contributed by atoms with Crippen LogP contribution >= 0.6 is 0 Å². The average Bonchev–Trinajstić information content (AvgIpc) is 2.86. The molecular formula is C19H26N2. The number of hydrogen-bond donors (Lipinski definition) is 1. The topological polar surface area (TPSA) is 24.9 Å². The molecule has 1 fully saturated rings. The standard InChI is InChI=1S/C19H26N2/c1-18(2)17(19(18,3)4)16(20-5)12-14-11-10-13-8-6-7-9-15(13)21-14/h6-11,16-17,20H,12H2,1-5H3. The van der Waals surface area contributed by atoms with Gasteiger partial charge in [-0.25, -0.2) is 0 Å². The van der Waals surface area contributed by atoms with Crippen molar-refractivity contribution in [3.8, 4) is 0 Å². The van der Waals surface area contributed by atoms with Gasteiger partial charge in [0.25, 0.3) is 0 Å². The molecule has 1 atom stereocenters. The Morgan fingerprint density at radius 1 is 1.05 bits per heavy atom. The first kappa shape index (κ1) is 14.5. The van der Waals surface area contributed by atoms with Crippen LogP contribution in [0.5, 0.6) is 0 Å². The first-order valence-electron chi connectivity index (χ1n) is 7.90. The summed E-state index contributed by atoms with van der Waals surface area (Å²) in [4.78, 5) is 4.83. The maximum Gasteiger partial charge on any atom is 0.0705 e. The molecule has 0 bridgehead atoms. The van der Waals surface area contributed by atoms with Crippen LogP contribution in [0.25, 0.3) is 10.9 Å². The van der Waals surface area contributed by atoms with Crippen molar-refractivity contribution in [2.75, 3.05) is 7.05 Å². The largest absolute Gasteiger partial charge is 0.316 e. The van der Waals surface area contributed by atoms with E-state index in [2.05, 4.69) is 76.5 Å². The van der Waals surface area contributed by atoms with Gasteiger partial charge in [-0.05, 0) is 35.9 Å². The first-order chi connectivity index (χ1) is 9.88. The van der Waals surface area contributed by atoms with Crippen LogP contribution in [-0.2, 0) is 6.42 Å². The number of rotatable bonds is 4. The summed E-state index contributed by atoms with van der Waals surface area (Å²) in [6.07, 6.45) is 0.999. The summed E-state index contributed by atoms with van der Waals surface area (Å²) < 4.78 is 0. The van der Waals surface area contributed by atoms with Crippen LogP contribution in [0.3, 0.4) is 0 Å². The Bertz CT molecular complexity index is 643. The molecular weight excluding hydrogens is 256 g/mol. The molecule has 0 amide bonds. The van der Waals surface area contributed by atoms with Crippen molar-refractivity contribution in [1.82, 2.24) is 10.3 Å². The van der Waals surface area contributed by atoms with Gasteiger partial charge >= 0.3 is 0 Å². The number of aromatic nitrogens is 1. The summed E-state index contributed by atoms with van der Waals surface area (Å²) in [5, 5.41) is 4.75. The Morgan fingerprint density at radius 3 is 2.33 bits per heavy atom. The molecule has 2 nitrogen and oxygen atoms in total. The van der Waals surface area contributed by atoms with E-state index in [0.717, 1.165) is 11.9 Å². The number of pyridine rings is 1. The fraction of sp³-hybridized carbons (Fsp3) is 0.526. The molecule has 0 aliphatic heterocycles. The second kappa shape index (κ2) is 4.81. The summed E-state index contributed by atoms with van der Waals surface area (Å²) in [5.74, 6) is 0.697. The van der Waals surface area contributed by atoms with Crippen LogP contribution in [-0.4, -0.2) is 18.1 Å². The Labute approximate surface area is 128 Å². The monoisotopic (exact) mass is 282 g/mol. The van der Waals surface area contributed by atoms with Crippen molar-refractivity contribution < 1.29 is 0 Å². The third kappa shape index (κ3) is 2.26. The van der Waals surface area contributed by atoms with Gasteiger partial charge in [-0.2, -0.15) is 0 Å². The highest BCUT2D eigenvalue weighted by molar-refractivity contribution is 5.78. The van der Waals surface area contributed by atoms with Crippen LogP contribution in [0.2, 0.25) is 0 Å². The zero-order valence-corrected chi connectivity index (χ0v) is 13.8. The molecule has 21 heavy (non-hydrogen) atoms. The minimum Gasteiger partial charge on any atom is -0.316 e. The van der Waals surface area contributed by atoms with E-state index in [1.807, 2.05) is 0 Å². The third-order valence-corrected chi connectivity index (χ3v) is 5.99. The molecule has 0 radical (unpaired) electrons. The maximum absolute atomic E-state index is 4.83. The summed E-state index contributed by atoms with van der Waals surface area (Å²) in [5.41, 5.74) is 3.08. The number of likely N-dealkylation sites (N-methyl/N-ethyl adjacent to an activating group) is 1. The predicted molar refractivity (Wildman–Crippen MR) is 89.3 cm³/mol. The van der Waals surface area contributed by atoms with Gasteiger partial charge in [-0.1, -0.05) is 52.0 Å². The van der Waals surface area contributed by atoms with Crippen LogP contribution in [0.1, 0.15) is 33.4 Å². The highest BCUT2D eigenvalue weighted by Crippen LogP contribution is 2.69. The second-order valence-corrected chi connectivity index (χ2v) is 7.52. The Balaban J connectivity index is 1.84. The normalized spacial score (nSPS) is 21.4. The predicted octanol–water partition coefficient (Wildman–Crippen LogP) is 4.05. The molecule has 1 aromatic carbocycles. The lowest BCUT2D eigenvalue weighted by Gasteiger charge is -2.18. The fourth-order valence-corrected chi connectivity index (χ4v) is 4.09. The molecule has 1 aliphatic rings. The van der Waals surface area contributed by atoms with Crippen molar-refractivity contribution >= 4 is 10.9 Å². The van der Waals surface area contributed by atoms with E-state index in [9.17, 15) is 0 Å². The summed E-state index contributed by atoms with van der Waals surface area (Å²) >= 11 is 0. The number of nitrogens with zero attached hydrogens (tertiary/aromatic N) is 1. The quantitative estimate of drug-likeness (QED) is 0.915. The number of benzene rings is 1. The van der Waals surface area contributed by atoms with E-state index in [1.54, 1.807) is 0 Å². The molecule has 1 unspecified atom stereocenters. The fourth-order valence-electron chi connectivity index (χ4n) is 4.09. The molecule has 3 rings (SSSR count). The maximum atomic E-state index is 4.83. The highest BCUT2D eigenvalue weighted by Gasteiger charge is 2.66. The van der Waals surface area contributed by atoms with Crippen LogP contribution in [0.15, 0.2) is 36.4 Å². The Morgan fingerprint density at radius 2 is 1.71 bits per heavy atom. The van der Waals surface area contributed by atoms with Crippen molar-refractivity contribution in [2.45, 2.75) is 40.2 Å². The first-order valence-corrected chi connectivity index (χ1v) is 7.90. The molecule has 1 saturated carbocycles. The van der Waals surface area contributed by atoms with Crippen molar-refractivity contribution in [3.63, 3.8) is 0 Å². The van der Waals surface area contributed by atoms with E-state index in [4.69, 9.17) is 4.98 Å². The van der Waals surface area contributed by atoms with Gasteiger partial charge < -0.3 is 5.32 Å². The van der Waals surface area contributed by atoms with Crippen molar-refractivity contribution in [1.29, 1.82) is 0 Å². The lowest BCUT2D eigenvalue weighted by molar-refractivity contribution is 0.418. The Hall–Kier alpha value is -1.41. The van der Waals surface area contributed by atoms with E-state index in [-0.39, 0.29) is 0 Å². The number of nitrogens with one attached hydrogen (secondary N) is 1. The van der Waals surface area contributed by atoms with E-state index in [0.29, 0.717) is 22.8 Å². The Kier molecular flexibility index (Phi) is 3.32. The molecule has 0 saturated heterocycles. The summed E-state index contributed by atoms with van der Waals surface area (Å²) in [7, 11) is 2.08. The van der Waals surface area contributed by atoms with E-state index in [1.165, 1.54) is 11.1 Å². The molecule has 1 N–H and O–H groups in total. The molecule has 112 valence electrons. The van der Waals surface area contributed by atoms with Gasteiger partial charge in [-0.15, -0.1) is 0 Å². The molecule has 2 heteroatoms. The minimum atomic E-state index is 0.400. The van der Waals surface area contributed by atoms with Gasteiger partial charge in [-0.3, -0.25) is 4.98 Å². The minimum absolute atomic E-state index is 0.400. The van der Waals surface area contributed by atoms with E-state index >= 15 is 0 Å². The lowest BCUT2D eigenvalue weighted by atomic mass is 9.99. The van der Waals surface area contributed by atoms with Crippen molar-refractivity contribution in [3.05, 3.63) is 42.1 Å². The van der Waals surface area contributed by atoms with Crippen molar-refractivity contribution in [2.24, 2.45) is 16.7 Å². The third-order valence-electron chi connectivity index (χ3n) is 5.99. The molecule has 2 aromatic rings. The second-order valence-electron chi connectivity index (χ2n) is 7.52. The van der Waals surface area contributed by atoms with Gasteiger partial charge in [0.05, 0.1) is 5.52 Å². The average molecular weight is 282 g/mol. The smallest absolute Gasteiger partial charge is 0.0705 e. The summed E-state index contributed by atoms with van der Waals surface area (Å²) in [6.45, 7) is 9.54. The van der Waals surface area contributed by atoms with Gasteiger partial charge in [0.2, 0.25) is 0 Å². The molecule has 1 aliphatic carbocycles. The van der Waals surface area contributed by atoms with Crippen LogP contribution < -0.4 is 5.32 Å². The zero-order valence-electron chi connectivity index (χ0n) is 13.8. The zero-order chi connectivity index (χ0) is 15.3. The van der Waals surface area contributed by atoms with Gasteiger partial charge in [0, 0.05) is 23.5 Å². The SMILES string of the molecule is CNC(Cc1ccc2ccccc2n1)C1C(C)(C)C1(C)C. The number of fused-ring (bicyclic) bond motifs is 1. The number of para-hydroxylation sites is 1. The van der Waals surface area contributed by atoms with Crippen LogP contribution in [0.4, 0.5) is 0 Å². The van der Waals surface area contributed by atoms with Crippen LogP contribution in [0, 0.1) is 16.7 Å². The summed E-state index contributed by atoms with van der Waals surface area (Å²) in [6, 6.07) is 13.2. The van der Waals surface area contributed by atoms with E-state index < -0.39 is 0 Å².